The number of esters is 1. The molecule has 8 heteroatoms. The Hall–Kier alpha value is -4.56. The quantitative estimate of drug-likeness (QED) is 0.0853. The second-order valence-corrected chi connectivity index (χ2v) is 13.0. The van der Waals surface area contributed by atoms with Crippen LogP contribution in [0.4, 0.5) is 0 Å². The molecule has 1 aliphatic heterocycles. The van der Waals surface area contributed by atoms with Crippen molar-refractivity contribution in [1.82, 2.24) is 15.2 Å². The number of Topliss-reactive ketones (excluding diaryl/α,β-unsaturated/α-hetero) is 1. The van der Waals surface area contributed by atoms with Crippen molar-refractivity contribution in [3.63, 3.8) is 0 Å². The predicted molar refractivity (Wildman–Crippen MR) is 193 cm³/mol. The van der Waals surface area contributed by atoms with Gasteiger partial charge in [0.05, 0.1) is 29.4 Å². The van der Waals surface area contributed by atoms with Crippen LogP contribution in [-0.2, 0) is 20.9 Å². The van der Waals surface area contributed by atoms with Gasteiger partial charge in [0.1, 0.15) is 12.4 Å². The minimum atomic E-state index is -0.653. The predicted octanol–water partition coefficient (Wildman–Crippen LogP) is 7.93. The number of fused-ring (bicyclic) bond motifs is 1. The Bertz CT molecular complexity index is 1670. The number of amides is 1. The van der Waals surface area contributed by atoms with Crippen LogP contribution in [0.2, 0.25) is 0 Å². The lowest BCUT2D eigenvalue weighted by Gasteiger charge is -2.21. The van der Waals surface area contributed by atoms with Crippen LogP contribution >= 0.6 is 0 Å². The monoisotopic (exact) mass is 663 g/mol. The van der Waals surface area contributed by atoms with Crippen LogP contribution in [0.25, 0.3) is 22.2 Å². The lowest BCUT2D eigenvalue weighted by Crippen LogP contribution is -2.41. The number of hydrogen-bond acceptors (Lipinski definition) is 7. The summed E-state index contributed by atoms with van der Waals surface area (Å²) in [5, 5.41) is 3.82. The Morgan fingerprint density at radius 3 is 2.47 bits per heavy atom. The molecule has 1 amide bonds. The van der Waals surface area contributed by atoms with E-state index in [-0.39, 0.29) is 30.7 Å². The van der Waals surface area contributed by atoms with E-state index in [9.17, 15) is 14.4 Å². The number of aromatic nitrogens is 1. The van der Waals surface area contributed by atoms with Gasteiger partial charge >= 0.3 is 5.97 Å². The lowest BCUT2D eigenvalue weighted by atomic mass is 9.97. The van der Waals surface area contributed by atoms with Gasteiger partial charge in [0.15, 0.2) is 5.78 Å². The van der Waals surface area contributed by atoms with Gasteiger partial charge < -0.3 is 19.7 Å². The Morgan fingerprint density at radius 1 is 0.939 bits per heavy atom. The summed E-state index contributed by atoms with van der Waals surface area (Å²) in [5.74, 6) is 0.243. The van der Waals surface area contributed by atoms with Crippen LogP contribution in [0, 0.1) is 0 Å². The minimum absolute atomic E-state index is 0.0295. The molecule has 4 aromatic rings. The van der Waals surface area contributed by atoms with Crippen molar-refractivity contribution in [3.8, 4) is 17.0 Å². The average molecular weight is 664 g/mol. The Balaban J connectivity index is 1.27. The molecule has 1 fully saturated rings. The summed E-state index contributed by atoms with van der Waals surface area (Å²) in [7, 11) is 2.15. The molecule has 8 nitrogen and oxygen atoms in total. The highest BCUT2D eigenvalue weighted by Gasteiger charge is 2.25. The molecule has 2 unspecified atom stereocenters. The summed E-state index contributed by atoms with van der Waals surface area (Å²) in [6, 6.07) is 26.6. The van der Waals surface area contributed by atoms with Gasteiger partial charge in [-0.1, -0.05) is 61.9 Å². The molecule has 1 N–H and O–H groups in total. The molecule has 258 valence electrons. The van der Waals surface area contributed by atoms with Crippen LogP contribution in [0.1, 0.15) is 87.1 Å². The standard InChI is InChI=1S/C41H49N3O5/c1-3-27-48-33-24-22-31(23-25-33)38-28-35(34-17-7-8-18-36(34)42-38)41(47)43-37(39(45)20-11-15-32-16-12-26-44(32)2)19-9-10-21-40(46)49-29-30-13-5-4-6-14-30/h4-8,13-14,17-18,22-25,28,32,37H,3,9-12,15-16,19-21,26-27,29H2,1-2H3,(H,43,47). The van der Waals surface area contributed by atoms with Gasteiger partial charge in [-0.3, -0.25) is 14.4 Å². The van der Waals surface area contributed by atoms with Crippen LogP contribution in [0.5, 0.6) is 5.75 Å². The van der Waals surface area contributed by atoms with Gasteiger partial charge in [0, 0.05) is 29.8 Å². The largest absolute Gasteiger partial charge is 0.494 e. The number of nitrogens with zero attached hydrogens (tertiary/aromatic N) is 2. The van der Waals surface area contributed by atoms with Gasteiger partial charge in [-0.2, -0.15) is 0 Å². The number of carbonyl (C=O) groups excluding carboxylic acids is 3. The van der Waals surface area contributed by atoms with E-state index in [4.69, 9.17) is 14.5 Å². The first-order valence-electron chi connectivity index (χ1n) is 17.8. The van der Waals surface area contributed by atoms with E-state index in [0.717, 1.165) is 54.5 Å². The summed E-state index contributed by atoms with van der Waals surface area (Å²) in [6.07, 6.45) is 7.34. The molecule has 1 aliphatic rings. The fourth-order valence-corrected chi connectivity index (χ4v) is 6.46. The summed E-state index contributed by atoms with van der Waals surface area (Å²) >= 11 is 0. The second-order valence-electron chi connectivity index (χ2n) is 13.0. The van der Waals surface area contributed by atoms with Gasteiger partial charge in [-0.25, -0.2) is 4.98 Å². The van der Waals surface area contributed by atoms with Gasteiger partial charge in [0.25, 0.3) is 5.91 Å². The van der Waals surface area contributed by atoms with Crippen molar-refractivity contribution in [2.45, 2.75) is 89.8 Å². The number of nitrogens with one attached hydrogen (secondary N) is 1. The zero-order valence-corrected chi connectivity index (χ0v) is 28.9. The van der Waals surface area contributed by atoms with Crippen molar-refractivity contribution in [2.75, 3.05) is 20.2 Å². The van der Waals surface area contributed by atoms with Crippen molar-refractivity contribution in [1.29, 1.82) is 0 Å². The van der Waals surface area contributed by atoms with E-state index in [0.29, 0.717) is 55.1 Å². The second kappa shape index (κ2) is 18.3. The molecule has 1 aromatic heterocycles. The third-order valence-electron chi connectivity index (χ3n) is 9.28. The zero-order chi connectivity index (χ0) is 34.4. The normalized spacial score (nSPS) is 15.2. The van der Waals surface area contributed by atoms with Crippen LogP contribution in [0.15, 0.2) is 84.9 Å². The molecule has 0 bridgehead atoms. The summed E-state index contributed by atoms with van der Waals surface area (Å²) in [4.78, 5) is 47.3. The SMILES string of the molecule is CCCOc1ccc(-c2cc(C(=O)NC(CCCCC(=O)OCc3ccccc3)C(=O)CCCC3CCCN3C)c3ccccc3n2)cc1. The van der Waals surface area contributed by atoms with Crippen molar-refractivity contribution in [2.24, 2.45) is 0 Å². The topological polar surface area (TPSA) is 97.8 Å². The Morgan fingerprint density at radius 2 is 1.71 bits per heavy atom. The molecule has 1 saturated heterocycles. The number of likely N-dealkylation sites (tertiary alicyclic amines) is 1. The molecule has 49 heavy (non-hydrogen) atoms. The van der Waals surface area contributed by atoms with E-state index in [2.05, 4.69) is 24.2 Å². The molecule has 0 radical (unpaired) electrons. The third-order valence-corrected chi connectivity index (χ3v) is 9.28. The Kier molecular flexibility index (Phi) is 13.3. The molecule has 3 aromatic carbocycles. The van der Waals surface area contributed by atoms with Crippen molar-refractivity contribution in [3.05, 3.63) is 96.1 Å². The number of unbranched alkanes of at least 4 members (excludes halogenated alkanes) is 1. The summed E-state index contributed by atoms with van der Waals surface area (Å²) in [5.41, 5.74) is 3.66. The van der Waals surface area contributed by atoms with Gasteiger partial charge in [-0.15, -0.1) is 0 Å². The molecular weight excluding hydrogens is 614 g/mol. The van der Waals surface area contributed by atoms with Crippen LogP contribution < -0.4 is 10.1 Å². The van der Waals surface area contributed by atoms with E-state index < -0.39 is 6.04 Å². The fraction of sp³-hybridized carbons (Fsp3) is 0.415. The van der Waals surface area contributed by atoms with Gasteiger partial charge in [0.2, 0.25) is 0 Å². The maximum atomic E-state index is 14.0. The highest BCUT2D eigenvalue weighted by atomic mass is 16.5. The van der Waals surface area contributed by atoms with E-state index >= 15 is 0 Å². The molecule has 2 heterocycles. The maximum absolute atomic E-state index is 14.0. The molecule has 0 saturated carbocycles. The summed E-state index contributed by atoms with van der Waals surface area (Å²) < 4.78 is 11.2. The number of para-hydroxylation sites is 1. The number of benzene rings is 3. The number of ketones is 1. The van der Waals surface area contributed by atoms with Crippen molar-refractivity contribution < 1.29 is 23.9 Å². The molecule has 0 spiro atoms. The van der Waals surface area contributed by atoms with E-state index in [1.165, 1.54) is 6.42 Å². The number of hydrogen-bond donors (Lipinski definition) is 1. The van der Waals surface area contributed by atoms with Crippen molar-refractivity contribution >= 4 is 28.6 Å². The van der Waals surface area contributed by atoms with Crippen LogP contribution in [-0.4, -0.2) is 59.8 Å². The van der Waals surface area contributed by atoms with Crippen LogP contribution in [0.3, 0.4) is 0 Å². The third kappa shape index (κ3) is 10.5. The first-order valence-corrected chi connectivity index (χ1v) is 17.8. The molecular formula is C41H49N3O5. The number of rotatable bonds is 18. The maximum Gasteiger partial charge on any atom is 0.306 e. The lowest BCUT2D eigenvalue weighted by molar-refractivity contribution is -0.145. The highest BCUT2D eigenvalue weighted by Crippen LogP contribution is 2.27. The molecule has 2 atom stereocenters. The van der Waals surface area contributed by atoms with Gasteiger partial charge in [-0.05, 0) is 100 Å². The first kappa shape index (κ1) is 35.7. The highest BCUT2D eigenvalue weighted by molar-refractivity contribution is 6.08. The smallest absolute Gasteiger partial charge is 0.306 e. The van der Waals surface area contributed by atoms with E-state index in [1.807, 2.05) is 78.9 Å². The molecule has 0 aliphatic carbocycles. The zero-order valence-electron chi connectivity index (χ0n) is 28.9. The Labute approximate surface area is 290 Å². The number of carbonyl (C=O) groups is 3. The fourth-order valence-electron chi connectivity index (χ4n) is 6.46. The summed E-state index contributed by atoms with van der Waals surface area (Å²) in [6.45, 7) is 4.06. The first-order chi connectivity index (χ1) is 23.9. The average Bonchev–Trinajstić information content (AvgIpc) is 3.55. The number of pyridine rings is 1. The minimum Gasteiger partial charge on any atom is -0.494 e. The van der Waals surface area contributed by atoms with E-state index in [1.54, 1.807) is 6.07 Å². The molecule has 5 rings (SSSR count). The number of ether oxygens (including phenoxy) is 2.